The third kappa shape index (κ3) is 2.32. The number of allylic oxidation sites excluding steroid dienone is 8. The molecule has 2 aliphatic carbocycles. The van der Waals surface area contributed by atoms with Crippen LogP contribution in [0.1, 0.15) is 27.7 Å². The first-order chi connectivity index (χ1) is 8.34. The van der Waals surface area contributed by atoms with Crippen LogP contribution in [0.2, 0.25) is 21.5 Å². The van der Waals surface area contributed by atoms with Crippen molar-refractivity contribution in [3.8, 4) is 0 Å². The molecule has 2 aliphatic rings. The van der Waals surface area contributed by atoms with Gasteiger partial charge in [-0.15, -0.1) is 0 Å². The topological polar surface area (TPSA) is 0 Å². The van der Waals surface area contributed by atoms with Crippen LogP contribution in [0, 0.1) is 5.92 Å². The molecule has 0 amide bonds. The Balaban J connectivity index is 2.20. The van der Waals surface area contributed by atoms with Crippen LogP contribution < -0.4 is 0 Å². The van der Waals surface area contributed by atoms with Gasteiger partial charge in [-0.25, -0.2) is 0 Å². The number of hydrogen-bond acceptors (Lipinski definition) is 0. The normalized spacial score (nSPS) is 21.9. The molecule has 0 saturated carbocycles. The van der Waals surface area contributed by atoms with E-state index >= 15 is 0 Å². The first kappa shape index (κ1) is 13.9. The van der Waals surface area contributed by atoms with Gasteiger partial charge in [0.05, 0.1) is 0 Å². The zero-order valence-electron chi connectivity index (χ0n) is 12.7. The summed E-state index contributed by atoms with van der Waals surface area (Å²) in [5.41, 5.74) is 6.37. The van der Waals surface area contributed by atoms with E-state index in [9.17, 15) is 0 Å². The van der Waals surface area contributed by atoms with E-state index in [2.05, 4.69) is 63.5 Å². The van der Waals surface area contributed by atoms with Gasteiger partial charge in [-0.1, -0.05) is 0 Å². The van der Waals surface area contributed by atoms with E-state index in [4.69, 9.17) is 0 Å². The van der Waals surface area contributed by atoms with E-state index in [-0.39, 0.29) is 0 Å². The van der Waals surface area contributed by atoms with Crippen molar-refractivity contribution in [1.29, 1.82) is 0 Å². The molecule has 0 atom stereocenters. The zero-order valence-corrected chi connectivity index (χ0v) is 14.8. The summed E-state index contributed by atoms with van der Waals surface area (Å²) in [7, 11) is 0. The van der Waals surface area contributed by atoms with Gasteiger partial charge in [-0.2, -0.15) is 0 Å². The molecule has 0 heterocycles. The van der Waals surface area contributed by atoms with E-state index in [1.807, 2.05) is 0 Å². The minimum atomic E-state index is -1.76. The first-order valence-corrected chi connectivity index (χ1v) is 13.9. The maximum atomic E-state index is 2.59. The Morgan fingerprint density at radius 2 is 1.33 bits per heavy atom. The second-order valence-electron chi connectivity index (χ2n) is 6.66. The quantitative estimate of drug-likeness (QED) is 0.604. The van der Waals surface area contributed by atoms with Crippen LogP contribution in [0.5, 0.6) is 0 Å². The Labute approximate surface area is 115 Å². The van der Waals surface area contributed by atoms with Gasteiger partial charge in [0, 0.05) is 0 Å². The van der Waals surface area contributed by atoms with Crippen molar-refractivity contribution in [3.63, 3.8) is 0 Å². The molecule has 98 valence electrons. The summed E-state index contributed by atoms with van der Waals surface area (Å²) in [4.78, 5) is 0. The molecule has 1 heteroatoms. The van der Waals surface area contributed by atoms with Crippen molar-refractivity contribution in [1.82, 2.24) is 0 Å². The van der Waals surface area contributed by atoms with Gasteiger partial charge >= 0.3 is 115 Å². The molecule has 0 aromatic rings. The molecule has 0 bridgehead atoms. The zero-order chi connectivity index (χ0) is 13.5. The molecule has 0 aromatic carbocycles. The van der Waals surface area contributed by atoms with Crippen molar-refractivity contribution >= 4 is 13.3 Å². The standard InChI is InChI=1S/C17H26Ge/c1-12-13(2)15(4)17(14(12)3)11-18(5,6)16-9-7-8-10-16/h7-10,16-17H,11H2,1-6H3. The Hall–Kier alpha value is -0.497. The molecule has 0 aromatic heterocycles. The van der Waals surface area contributed by atoms with Gasteiger partial charge in [0.15, 0.2) is 0 Å². The van der Waals surface area contributed by atoms with Crippen LogP contribution in [0.25, 0.3) is 0 Å². The third-order valence-electron chi connectivity index (χ3n) is 5.17. The molecule has 0 radical (unpaired) electrons. The van der Waals surface area contributed by atoms with Crippen LogP contribution in [0.3, 0.4) is 0 Å². The number of hydrogen-bond donors (Lipinski definition) is 0. The molecule has 0 nitrogen and oxygen atoms in total. The van der Waals surface area contributed by atoms with Crippen LogP contribution in [-0.4, -0.2) is 13.3 Å². The number of rotatable bonds is 3. The van der Waals surface area contributed by atoms with Crippen LogP contribution in [0.15, 0.2) is 46.6 Å². The second kappa shape index (κ2) is 4.88. The van der Waals surface area contributed by atoms with Crippen LogP contribution in [-0.2, 0) is 0 Å². The molecular weight excluding hydrogens is 277 g/mol. The fourth-order valence-electron chi connectivity index (χ4n) is 3.36. The summed E-state index contributed by atoms with van der Waals surface area (Å²) in [6.07, 6.45) is 9.31. The second-order valence-corrected chi connectivity index (χ2v) is 17.3. The van der Waals surface area contributed by atoms with Crippen LogP contribution >= 0.6 is 0 Å². The summed E-state index contributed by atoms with van der Waals surface area (Å²) < 4.78 is 0.784. The van der Waals surface area contributed by atoms with E-state index in [1.165, 1.54) is 5.25 Å². The van der Waals surface area contributed by atoms with Gasteiger partial charge in [-0.3, -0.25) is 0 Å². The van der Waals surface area contributed by atoms with E-state index in [0.717, 1.165) is 10.7 Å². The minimum absolute atomic E-state index is 0.738. The molecule has 18 heavy (non-hydrogen) atoms. The fourth-order valence-corrected chi connectivity index (χ4v) is 10.1. The molecule has 0 N–H and O–H groups in total. The van der Waals surface area contributed by atoms with Gasteiger partial charge in [0.25, 0.3) is 0 Å². The molecule has 0 saturated heterocycles. The molecule has 0 fully saturated rings. The monoisotopic (exact) mass is 304 g/mol. The summed E-state index contributed by atoms with van der Waals surface area (Å²) >= 11 is -1.76. The summed E-state index contributed by atoms with van der Waals surface area (Å²) in [5.74, 6) is 5.92. The van der Waals surface area contributed by atoms with E-state index < -0.39 is 13.3 Å². The van der Waals surface area contributed by atoms with Gasteiger partial charge in [0.1, 0.15) is 0 Å². The van der Waals surface area contributed by atoms with E-state index in [0.29, 0.717) is 0 Å². The Kier molecular flexibility index (Phi) is 3.78. The van der Waals surface area contributed by atoms with Crippen molar-refractivity contribution in [2.45, 2.75) is 49.2 Å². The average Bonchev–Trinajstić information content (AvgIpc) is 2.91. The molecule has 0 aliphatic heterocycles. The summed E-state index contributed by atoms with van der Waals surface area (Å²) in [5, 5.41) is 1.44. The Morgan fingerprint density at radius 1 is 0.889 bits per heavy atom. The Morgan fingerprint density at radius 3 is 1.78 bits per heavy atom. The third-order valence-corrected chi connectivity index (χ3v) is 12.8. The van der Waals surface area contributed by atoms with E-state index in [1.54, 1.807) is 22.3 Å². The molecular formula is C17H26Ge. The van der Waals surface area contributed by atoms with Gasteiger partial charge < -0.3 is 0 Å². The predicted molar refractivity (Wildman–Crippen MR) is 84.6 cm³/mol. The summed E-state index contributed by atoms with van der Waals surface area (Å²) in [6.45, 7) is 9.28. The SMILES string of the molecule is CC1=C(C)C([CH2][Ge]([CH3])([CH3])[CH]2C=CC=C2)C(C)=C1C. The van der Waals surface area contributed by atoms with Crippen LogP contribution in [0.4, 0.5) is 0 Å². The van der Waals surface area contributed by atoms with Crippen molar-refractivity contribution in [2.24, 2.45) is 5.92 Å². The van der Waals surface area contributed by atoms with Crippen molar-refractivity contribution in [3.05, 3.63) is 46.6 Å². The maximum absolute atomic E-state index is 2.59. The Bertz CT molecular complexity index is 436. The molecule has 2 rings (SSSR count). The van der Waals surface area contributed by atoms with Crippen molar-refractivity contribution in [2.75, 3.05) is 0 Å². The summed E-state index contributed by atoms with van der Waals surface area (Å²) in [6, 6.07) is 0. The van der Waals surface area contributed by atoms with Gasteiger partial charge in [-0.05, 0) is 0 Å². The molecule has 0 spiro atoms. The van der Waals surface area contributed by atoms with Crippen molar-refractivity contribution < 1.29 is 0 Å². The van der Waals surface area contributed by atoms with Gasteiger partial charge in [0.2, 0.25) is 0 Å². The molecule has 0 unspecified atom stereocenters. The average molecular weight is 303 g/mol. The fraction of sp³-hybridized carbons (Fsp3) is 0.529. The first-order valence-electron chi connectivity index (χ1n) is 7.04. The predicted octanol–water partition coefficient (Wildman–Crippen LogP) is 5.49.